The minimum atomic E-state index is -0.831. The van der Waals surface area contributed by atoms with E-state index in [0.717, 1.165) is 5.56 Å². The lowest BCUT2D eigenvalue weighted by atomic mass is 9.95. The van der Waals surface area contributed by atoms with Crippen molar-refractivity contribution in [3.63, 3.8) is 0 Å². The predicted molar refractivity (Wildman–Crippen MR) is 138 cm³/mol. The van der Waals surface area contributed by atoms with Crippen molar-refractivity contribution < 1.29 is 24.2 Å². The normalized spacial score (nSPS) is 17.0. The Hall–Kier alpha value is -4.13. The highest BCUT2D eigenvalue weighted by atomic mass is 16.5. The molecule has 0 spiro atoms. The van der Waals surface area contributed by atoms with Gasteiger partial charge in [0.2, 0.25) is 0 Å². The summed E-state index contributed by atoms with van der Waals surface area (Å²) in [6.07, 6.45) is 3.19. The molecule has 2 heterocycles. The molecule has 1 atom stereocenters. The molecular weight excluding hydrogens is 456 g/mol. The molecule has 1 aliphatic heterocycles. The van der Waals surface area contributed by atoms with Gasteiger partial charge in [-0.3, -0.25) is 19.5 Å². The zero-order chi connectivity index (χ0) is 25.8. The van der Waals surface area contributed by atoms with E-state index in [1.807, 2.05) is 13.8 Å². The molecule has 1 N–H and O–H groups in total. The molecule has 7 nitrogen and oxygen atoms in total. The molecule has 36 heavy (non-hydrogen) atoms. The van der Waals surface area contributed by atoms with Crippen LogP contribution in [-0.4, -0.2) is 35.0 Å². The highest BCUT2D eigenvalue weighted by Gasteiger charge is 2.47. The van der Waals surface area contributed by atoms with Crippen LogP contribution in [0.4, 0.5) is 5.69 Å². The number of aliphatic hydroxyl groups is 1. The van der Waals surface area contributed by atoms with Crippen molar-refractivity contribution in [1.82, 2.24) is 4.98 Å². The van der Waals surface area contributed by atoms with Gasteiger partial charge in [-0.05, 0) is 73.4 Å². The number of benzene rings is 2. The Morgan fingerprint density at radius 3 is 2.47 bits per heavy atom. The average Bonchev–Trinajstić information content (AvgIpc) is 3.14. The second-order valence-corrected chi connectivity index (χ2v) is 9.07. The number of aryl methyl sites for hydroxylation is 1. The minimum Gasteiger partial charge on any atom is -0.507 e. The highest BCUT2D eigenvalue weighted by Crippen LogP contribution is 2.43. The topological polar surface area (TPSA) is 89.0 Å². The molecule has 1 unspecified atom stereocenters. The molecule has 7 heteroatoms. The fourth-order valence-corrected chi connectivity index (χ4v) is 4.22. The number of ketones is 1. The van der Waals surface area contributed by atoms with Crippen molar-refractivity contribution >= 4 is 23.1 Å². The van der Waals surface area contributed by atoms with Crippen molar-refractivity contribution in [2.45, 2.75) is 33.7 Å². The Morgan fingerprint density at radius 1 is 1.06 bits per heavy atom. The molecular formula is C29H30N2O5. The Balaban J connectivity index is 1.83. The molecule has 1 saturated heterocycles. The van der Waals surface area contributed by atoms with Gasteiger partial charge < -0.3 is 14.6 Å². The second kappa shape index (κ2) is 10.6. The Bertz CT molecular complexity index is 1300. The lowest BCUT2D eigenvalue weighted by Gasteiger charge is -2.25. The number of carbonyl (C=O) groups excluding carboxylic acids is 2. The van der Waals surface area contributed by atoms with Crippen molar-refractivity contribution in [2.24, 2.45) is 5.92 Å². The standard InChI is InChI=1S/C29H30N2O5/c1-5-35-23-8-6-7-22(16-23)31-26(20-11-13-30-14-12-20)25(28(33)29(31)34)27(32)21-9-10-24(19(4)15-21)36-17-18(2)3/h6-16,18,26,32H,5,17H2,1-4H3/b27-25+. The first-order valence-corrected chi connectivity index (χ1v) is 12.0. The van der Waals surface area contributed by atoms with E-state index in [1.54, 1.807) is 67.0 Å². The predicted octanol–water partition coefficient (Wildman–Crippen LogP) is 5.45. The molecule has 0 bridgehead atoms. The van der Waals surface area contributed by atoms with Crippen LogP contribution in [0.1, 0.15) is 43.5 Å². The molecule has 1 aliphatic rings. The van der Waals surface area contributed by atoms with Crippen LogP contribution in [0.15, 0.2) is 72.6 Å². The Labute approximate surface area is 211 Å². The summed E-state index contributed by atoms with van der Waals surface area (Å²) in [6, 6.07) is 14.9. The SMILES string of the molecule is CCOc1cccc(N2C(=O)C(=O)/C(=C(/O)c3ccc(OCC(C)C)c(C)c3)C2c2ccncc2)c1. The average molecular weight is 487 g/mol. The van der Waals surface area contributed by atoms with E-state index >= 15 is 0 Å². The third kappa shape index (κ3) is 4.96. The summed E-state index contributed by atoms with van der Waals surface area (Å²) in [7, 11) is 0. The third-order valence-corrected chi connectivity index (χ3v) is 5.89. The number of anilines is 1. The maximum Gasteiger partial charge on any atom is 0.300 e. The summed E-state index contributed by atoms with van der Waals surface area (Å²) in [5.41, 5.74) is 2.42. The van der Waals surface area contributed by atoms with Gasteiger partial charge in [0.05, 0.1) is 24.8 Å². The first-order valence-electron chi connectivity index (χ1n) is 12.0. The zero-order valence-electron chi connectivity index (χ0n) is 20.9. The molecule has 186 valence electrons. The summed E-state index contributed by atoms with van der Waals surface area (Å²) in [5, 5.41) is 11.4. The summed E-state index contributed by atoms with van der Waals surface area (Å²) in [6.45, 7) is 8.92. The van der Waals surface area contributed by atoms with Crippen LogP contribution >= 0.6 is 0 Å². The number of carbonyl (C=O) groups is 2. The van der Waals surface area contributed by atoms with Gasteiger partial charge in [0.25, 0.3) is 11.7 Å². The first kappa shape index (κ1) is 25.0. The van der Waals surface area contributed by atoms with Gasteiger partial charge >= 0.3 is 0 Å². The van der Waals surface area contributed by atoms with Crippen LogP contribution in [0.2, 0.25) is 0 Å². The van der Waals surface area contributed by atoms with E-state index in [4.69, 9.17) is 9.47 Å². The molecule has 0 saturated carbocycles. The van der Waals surface area contributed by atoms with E-state index in [2.05, 4.69) is 18.8 Å². The van der Waals surface area contributed by atoms with Crippen LogP contribution in [0.3, 0.4) is 0 Å². The van der Waals surface area contributed by atoms with E-state index in [1.165, 1.54) is 4.90 Å². The monoisotopic (exact) mass is 486 g/mol. The summed E-state index contributed by atoms with van der Waals surface area (Å²) < 4.78 is 11.5. The number of aliphatic hydroxyl groups excluding tert-OH is 1. The van der Waals surface area contributed by atoms with Crippen LogP contribution in [0, 0.1) is 12.8 Å². The molecule has 4 rings (SSSR count). The number of pyridine rings is 1. The van der Waals surface area contributed by atoms with Gasteiger partial charge in [0, 0.05) is 29.7 Å². The maximum atomic E-state index is 13.3. The largest absolute Gasteiger partial charge is 0.507 e. The van der Waals surface area contributed by atoms with Crippen LogP contribution in [0.5, 0.6) is 11.5 Å². The fourth-order valence-electron chi connectivity index (χ4n) is 4.22. The zero-order valence-corrected chi connectivity index (χ0v) is 20.9. The van der Waals surface area contributed by atoms with Gasteiger partial charge in [-0.1, -0.05) is 19.9 Å². The fraction of sp³-hybridized carbons (Fsp3) is 0.276. The molecule has 1 aromatic heterocycles. The van der Waals surface area contributed by atoms with Gasteiger partial charge in [0.15, 0.2) is 0 Å². The minimum absolute atomic E-state index is 0.0169. The molecule has 1 fully saturated rings. The smallest absolute Gasteiger partial charge is 0.300 e. The number of rotatable bonds is 8. The summed E-state index contributed by atoms with van der Waals surface area (Å²) in [4.78, 5) is 32.1. The second-order valence-electron chi connectivity index (χ2n) is 9.07. The maximum absolute atomic E-state index is 13.3. The van der Waals surface area contributed by atoms with Crippen LogP contribution in [0.25, 0.3) is 5.76 Å². The molecule has 2 aromatic carbocycles. The number of hydrogen-bond donors (Lipinski definition) is 1. The molecule has 0 aliphatic carbocycles. The Morgan fingerprint density at radius 2 is 1.81 bits per heavy atom. The van der Waals surface area contributed by atoms with Crippen LogP contribution in [-0.2, 0) is 9.59 Å². The van der Waals surface area contributed by atoms with Crippen molar-refractivity contribution in [2.75, 3.05) is 18.1 Å². The van der Waals surface area contributed by atoms with Crippen molar-refractivity contribution in [3.05, 3.63) is 89.3 Å². The lowest BCUT2D eigenvalue weighted by molar-refractivity contribution is -0.132. The van der Waals surface area contributed by atoms with Crippen LogP contribution < -0.4 is 14.4 Å². The van der Waals surface area contributed by atoms with Crippen molar-refractivity contribution in [1.29, 1.82) is 0 Å². The van der Waals surface area contributed by atoms with E-state index in [9.17, 15) is 14.7 Å². The van der Waals surface area contributed by atoms with E-state index < -0.39 is 17.7 Å². The lowest BCUT2D eigenvalue weighted by Crippen LogP contribution is -2.29. The number of ether oxygens (including phenoxy) is 2. The third-order valence-electron chi connectivity index (χ3n) is 5.89. The first-order chi connectivity index (χ1) is 17.3. The molecule has 3 aromatic rings. The molecule has 1 amide bonds. The number of amides is 1. The Kier molecular flexibility index (Phi) is 7.38. The number of nitrogens with zero attached hydrogens (tertiary/aromatic N) is 2. The van der Waals surface area contributed by atoms with Gasteiger partial charge in [-0.15, -0.1) is 0 Å². The highest BCUT2D eigenvalue weighted by molar-refractivity contribution is 6.51. The van der Waals surface area contributed by atoms with Gasteiger partial charge in [-0.2, -0.15) is 0 Å². The summed E-state index contributed by atoms with van der Waals surface area (Å²) in [5.74, 6) is -0.0566. The van der Waals surface area contributed by atoms with E-state index in [-0.39, 0.29) is 11.3 Å². The number of aromatic nitrogens is 1. The molecule has 0 radical (unpaired) electrons. The van der Waals surface area contributed by atoms with Gasteiger partial charge in [0.1, 0.15) is 17.3 Å². The van der Waals surface area contributed by atoms with E-state index in [0.29, 0.717) is 47.4 Å². The van der Waals surface area contributed by atoms with Crippen molar-refractivity contribution in [3.8, 4) is 11.5 Å². The number of Topliss-reactive ketones (excluding diaryl/α,β-unsaturated/α-hetero) is 1. The van der Waals surface area contributed by atoms with Gasteiger partial charge in [-0.25, -0.2) is 0 Å². The number of hydrogen-bond acceptors (Lipinski definition) is 6. The summed E-state index contributed by atoms with van der Waals surface area (Å²) >= 11 is 0. The quantitative estimate of drug-likeness (QED) is 0.259.